The first-order valence-electron chi connectivity index (χ1n) is 9.01. The van der Waals surface area contributed by atoms with Crippen LogP contribution in [0.4, 0.5) is 0 Å². The number of rotatable bonds is 7. The van der Waals surface area contributed by atoms with Crippen molar-refractivity contribution in [2.75, 3.05) is 32.8 Å². The quantitative estimate of drug-likeness (QED) is 0.749. The number of aliphatic hydroxyl groups is 1. The third kappa shape index (κ3) is 4.78. The van der Waals surface area contributed by atoms with Gasteiger partial charge in [0.25, 0.3) is 0 Å². The van der Waals surface area contributed by atoms with E-state index in [2.05, 4.69) is 26.1 Å². The molecule has 2 aliphatic heterocycles. The van der Waals surface area contributed by atoms with Crippen molar-refractivity contribution in [3.8, 4) is 0 Å². The number of carbonyl (C=O) groups excluding carboxylic acids is 1. The number of aromatic nitrogens is 2. The fraction of sp³-hybridized carbons (Fsp3) is 0.765. The number of ether oxygens (including phenoxy) is 1. The van der Waals surface area contributed by atoms with E-state index in [0.29, 0.717) is 25.5 Å². The molecule has 1 atom stereocenters. The van der Waals surface area contributed by atoms with E-state index in [4.69, 9.17) is 9.84 Å². The lowest BCUT2D eigenvalue weighted by Crippen LogP contribution is -2.40. The first kappa shape index (κ1) is 17.4. The Balaban J connectivity index is 1.48. The van der Waals surface area contributed by atoms with Gasteiger partial charge in [-0.05, 0) is 25.3 Å². The lowest BCUT2D eigenvalue weighted by Gasteiger charge is -2.32. The zero-order valence-electron chi connectivity index (χ0n) is 14.2. The van der Waals surface area contributed by atoms with Crippen molar-refractivity contribution in [3.05, 3.63) is 17.5 Å². The molecule has 24 heavy (non-hydrogen) atoms. The standard InChI is InChI=1S/C17H28N4O3/c22-9-6-18-17(23)5-4-14-11-15-12-20(7-8-21(15)19-14)13-16-3-1-2-10-24-16/h11,16,22H,1-10,12-13H2,(H,18,23)/t16-/m0/s1. The number of hydrogen-bond acceptors (Lipinski definition) is 5. The predicted octanol–water partition coefficient (Wildman–Crippen LogP) is 0.309. The zero-order chi connectivity index (χ0) is 16.8. The van der Waals surface area contributed by atoms with Gasteiger partial charge in [0, 0.05) is 45.6 Å². The van der Waals surface area contributed by atoms with Gasteiger partial charge >= 0.3 is 0 Å². The molecule has 7 heteroatoms. The molecular formula is C17H28N4O3. The van der Waals surface area contributed by atoms with Crippen LogP contribution >= 0.6 is 0 Å². The van der Waals surface area contributed by atoms with Crippen molar-refractivity contribution in [2.24, 2.45) is 0 Å². The molecule has 0 aliphatic carbocycles. The molecular weight excluding hydrogens is 308 g/mol. The van der Waals surface area contributed by atoms with Crippen LogP contribution in [0.2, 0.25) is 0 Å². The molecule has 3 heterocycles. The van der Waals surface area contributed by atoms with E-state index < -0.39 is 0 Å². The van der Waals surface area contributed by atoms with E-state index in [1.54, 1.807) is 0 Å². The maximum absolute atomic E-state index is 11.6. The van der Waals surface area contributed by atoms with Gasteiger partial charge in [0.1, 0.15) is 0 Å². The molecule has 0 spiro atoms. The molecule has 1 saturated heterocycles. The fourth-order valence-electron chi connectivity index (χ4n) is 3.42. The molecule has 0 bridgehead atoms. The minimum atomic E-state index is -0.0360. The highest BCUT2D eigenvalue weighted by Gasteiger charge is 2.23. The lowest BCUT2D eigenvalue weighted by molar-refractivity contribution is -0.121. The smallest absolute Gasteiger partial charge is 0.220 e. The predicted molar refractivity (Wildman–Crippen MR) is 89.5 cm³/mol. The third-order valence-electron chi connectivity index (χ3n) is 4.71. The van der Waals surface area contributed by atoms with Crippen LogP contribution in [0, 0.1) is 0 Å². The van der Waals surface area contributed by atoms with E-state index >= 15 is 0 Å². The lowest BCUT2D eigenvalue weighted by atomic mass is 10.1. The molecule has 0 unspecified atom stereocenters. The highest BCUT2D eigenvalue weighted by Crippen LogP contribution is 2.18. The normalized spacial score (nSPS) is 21.5. The average Bonchev–Trinajstić information content (AvgIpc) is 3.01. The highest BCUT2D eigenvalue weighted by molar-refractivity contribution is 5.76. The zero-order valence-corrected chi connectivity index (χ0v) is 14.2. The summed E-state index contributed by atoms with van der Waals surface area (Å²) in [5.74, 6) is -0.0360. The monoisotopic (exact) mass is 336 g/mol. The van der Waals surface area contributed by atoms with E-state index in [1.807, 2.05) is 0 Å². The Labute approximate surface area is 143 Å². The Bertz CT molecular complexity index is 540. The Morgan fingerprint density at radius 1 is 1.42 bits per heavy atom. The van der Waals surface area contributed by atoms with E-state index in [-0.39, 0.29) is 12.5 Å². The van der Waals surface area contributed by atoms with Crippen molar-refractivity contribution in [1.82, 2.24) is 20.0 Å². The van der Waals surface area contributed by atoms with Crippen molar-refractivity contribution in [2.45, 2.75) is 51.3 Å². The number of carbonyl (C=O) groups is 1. The maximum atomic E-state index is 11.6. The second-order valence-corrected chi connectivity index (χ2v) is 6.65. The number of aliphatic hydroxyl groups excluding tert-OH is 1. The number of aryl methyl sites for hydroxylation is 1. The van der Waals surface area contributed by atoms with Crippen LogP contribution in [-0.2, 0) is 29.0 Å². The summed E-state index contributed by atoms with van der Waals surface area (Å²) in [6.07, 6.45) is 5.07. The molecule has 1 aromatic heterocycles. The summed E-state index contributed by atoms with van der Waals surface area (Å²) in [4.78, 5) is 14.1. The summed E-state index contributed by atoms with van der Waals surface area (Å²) in [5, 5.41) is 16.0. The second-order valence-electron chi connectivity index (χ2n) is 6.65. The van der Waals surface area contributed by atoms with Gasteiger partial charge in [-0.15, -0.1) is 0 Å². The number of amides is 1. The van der Waals surface area contributed by atoms with E-state index in [9.17, 15) is 4.79 Å². The molecule has 134 valence electrons. The summed E-state index contributed by atoms with van der Waals surface area (Å²) < 4.78 is 7.91. The van der Waals surface area contributed by atoms with Crippen molar-refractivity contribution in [1.29, 1.82) is 0 Å². The van der Waals surface area contributed by atoms with Gasteiger partial charge in [-0.25, -0.2) is 0 Å². The molecule has 1 aromatic rings. The second kappa shape index (κ2) is 8.60. The number of nitrogens with zero attached hydrogens (tertiary/aromatic N) is 3. The molecule has 1 fully saturated rings. The van der Waals surface area contributed by atoms with Crippen molar-refractivity contribution in [3.63, 3.8) is 0 Å². The minimum Gasteiger partial charge on any atom is -0.395 e. The number of fused-ring (bicyclic) bond motifs is 1. The molecule has 0 radical (unpaired) electrons. The number of hydrogen-bond donors (Lipinski definition) is 2. The van der Waals surface area contributed by atoms with Crippen LogP contribution in [0.3, 0.4) is 0 Å². The summed E-state index contributed by atoms with van der Waals surface area (Å²) in [5.41, 5.74) is 2.20. The largest absolute Gasteiger partial charge is 0.395 e. The molecule has 1 amide bonds. The third-order valence-corrected chi connectivity index (χ3v) is 4.71. The molecule has 0 aromatic carbocycles. The van der Waals surface area contributed by atoms with Gasteiger partial charge in [0.15, 0.2) is 0 Å². The van der Waals surface area contributed by atoms with Crippen LogP contribution in [0.5, 0.6) is 0 Å². The summed E-state index contributed by atoms with van der Waals surface area (Å²) in [7, 11) is 0. The molecule has 7 nitrogen and oxygen atoms in total. The van der Waals surface area contributed by atoms with Gasteiger partial charge in [-0.3, -0.25) is 14.4 Å². The average molecular weight is 336 g/mol. The summed E-state index contributed by atoms with van der Waals surface area (Å²) >= 11 is 0. The van der Waals surface area contributed by atoms with Gasteiger partial charge < -0.3 is 15.2 Å². The Morgan fingerprint density at radius 2 is 2.33 bits per heavy atom. The minimum absolute atomic E-state index is 0.0228. The molecule has 0 saturated carbocycles. The first-order chi connectivity index (χ1) is 11.7. The van der Waals surface area contributed by atoms with Gasteiger partial charge in [0.05, 0.1) is 30.6 Å². The van der Waals surface area contributed by atoms with Crippen LogP contribution in [0.1, 0.15) is 37.1 Å². The summed E-state index contributed by atoms with van der Waals surface area (Å²) in [6, 6.07) is 2.12. The van der Waals surface area contributed by atoms with Gasteiger partial charge in [0.2, 0.25) is 5.91 Å². The van der Waals surface area contributed by atoms with Crippen molar-refractivity contribution >= 4 is 5.91 Å². The van der Waals surface area contributed by atoms with Gasteiger partial charge in [-0.2, -0.15) is 5.10 Å². The fourth-order valence-corrected chi connectivity index (χ4v) is 3.42. The SMILES string of the molecule is O=C(CCc1cc2n(n1)CCN(C[C@@H]1CCCCO1)C2)NCCO. The molecule has 2 N–H and O–H groups in total. The highest BCUT2D eigenvalue weighted by atomic mass is 16.5. The molecule has 2 aliphatic rings. The Kier molecular flexibility index (Phi) is 6.23. The van der Waals surface area contributed by atoms with Gasteiger partial charge in [-0.1, -0.05) is 0 Å². The maximum Gasteiger partial charge on any atom is 0.220 e. The molecule has 3 rings (SSSR count). The summed E-state index contributed by atoms with van der Waals surface area (Å²) in [6.45, 7) is 5.01. The van der Waals surface area contributed by atoms with E-state index in [1.165, 1.54) is 25.0 Å². The van der Waals surface area contributed by atoms with Crippen LogP contribution in [0.15, 0.2) is 6.07 Å². The van der Waals surface area contributed by atoms with Crippen LogP contribution in [0.25, 0.3) is 0 Å². The number of nitrogens with one attached hydrogen (secondary N) is 1. The Morgan fingerprint density at radius 3 is 3.12 bits per heavy atom. The first-order valence-corrected chi connectivity index (χ1v) is 9.01. The van der Waals surface area contributed by atoms with Crippen molar-refractivity contribution < 1.29 is 14.6 Å². The topological polar surface area (TPSA) is 79.6 Å². The Hall–Kier alpha value is -1.44. The van der Waals surface area contributed by atoms with Crippen LogP contribution in [-0.4, -0.2) is 64.6 Å². The van der Waals surface area contributed by atoms with Crippen LogP contribution < -0.4 is 5.32 Å². The van der Waals surface area contributed by atoms with E-state index in [0.717, 1.165) is 38.5 Å².